The first kappa shape index (κ1) is 17.7. The maximum Gasteiger partial charge on any atom is 0.243 e. The van der Waals surface area contributed by atoms with E-state index in [1.807, 2.05) is 0 Å². The molecule has 1 aliphatic rings. The minimum Gasteiger partial charge on any atom is -0.329 e. The van der Waals surface area contributed by atoms with Crippen molar-refractivity contribution in [3.8, 4) is 0 Å². The Kier molecular flexibility index (Phi) is 5.18. The molecule has 1 saturated heterocycles. The summed E-state index contributed by atoms with van der Waals surface area (Å²) < 4.78 is 50.3. The molecule has 0 radical (unpaired) electrons. The molecular formula is C13H19ClN2O4S2. The smallest absolute Gasteiger partial charge is 0.243 e. The lowest BCUT2D eigenvalue weighted by atomic mass is 10.2. The molecule has 9 heteroatoms. The summed E-state index contributed by atoms with van der Waals surface area (Å²) >= 11 is 5.91. The maximum absolute atomic E-state index is 12.9. The van der Waals surface area contributed by atoms with Gasteiger partial charge in [-0.15, -0.1) is 0 Å². The van der Waals surface area contributed by atoms with Crippen molar-refractivity contribution in [1.82, 2.24) is 4.31 Å². The van der Waals surface area contributed by atoms with Crippen molar-refractivity contribution in [3.63, 3.8) is 0 Å². The van der Waals surface area contributed by atoms with Crippen molar-refractivity contribution in [2.75, 3.05) is 24.6 Å². The molecule has 124 valence electrons. The van der Waals surface area contributed by atoms with Crippen LogP contribution in [0.4, 0.5) is 0 Å². The van der Waals surface area contributed by atoms with Crippen LogP contribution in [-0.4, -0.2) is 51.8 Å². The van der Waals surface area contributed by atoms with Crippen LogP contribution >= 0.6 is 11.6 Å². The molecule has 0 aliphatic carbocycles. The third kappa shape index (κ3) is 3.62. The van der Waals surface area contributed by atoms with Crippen LogP contribution < -0.4 is 5.73 Å². The van der Waals surface area contributed by atoms with Gasteiger partial charge in [0.05, 0.1) is 16.4 Å². The molecular weight excluding hydrogens is 348 g/mol. The highest BCUT2D eigenvalue weighted by Gasteiger charge is 2.38. The molecule has 0 amide bonds. The predicted octanol–water partition coefficient (Wildman–Crippen LogP) is 0.785. The van der Waals surface area contributed by atoms with Gasteiger partial charge >= 0.3 is 0 Å². The number of sulfone groups is 1. The Bertz CT molecular complexity index is 762. The van der Waals surface area contributed by atoms with Crippen LogP contribution in [0.25, 0.3) is 0 Å². The molecule has 22 heavy (non-hydrogen) atoms. The van der Waals surface area contributed by atoms with Gasteiger partial charge in [-0.2, -0.15) is 4.31 Å². The highest BCUT2D eigenvalue weighted by Crippen LogP contribution is 2.28. The van der Waals surface area contributed by atoms with Crippen LogP contribution in [0.2, 0.25) is 5.02 Å². The molecule has 2 N–H and O–H groups in total. The summed E-state index contributed by atoms with van der Waals surface area (Å²) in [5, 5.41) is 0.316. The largest absolute Gasteiger partial charge is 0.329 e. The van der Waals surface area contributed by atoms with E-state index in [0.29, 0.717) is 17.0 Å². The lowest BCUT2D eigenvalue weighted by molar-refractivity contribution is 0.347. The van der Waals surface area contributed by atoms with E-state index in [1.54, 1.807) is 19.1 Å². The van der Waals surface area contributed by atoms with E-state index in [-0.39, 0.29) is 29.5 Å². The summed E-state index contributed by atoms with van der Waals surface area (Å²) in [4.78, 5) is 0.0951. The third-order valence-electron chi connectivity index (χ3n) is 3.70. The molecule has 1 aromatic carbocycles. The van der Waals surface area contributed by atoms with Crippen LogP contribution in [0.15, 0.2) is 23.1 Å². The van der Waals surface area contributed by atoms with Crippen molar-refractivity contribution < 1.29 is 16.8 Å². The Morgan fingerprint density at radius 2 is 2.09 bits per heavy atom. The topological polar surface area (TPSA) is 97.5 Å². The molecule has 1 aromatic rings. The molecule has 1 fully saturated rings. The van der Waals surface area contributed by atoms with Gasteiger partial charge in [0.15, 0.2) is 9.84 Å². The number of hydrogen-bond donors (Lipinski definition) is 1. The molecule has 1 heterocycles. The van der Waals surface area contributed by atoms with E-state index in [1.165, 1.54) is 10.4 Å². The van der Waals surface area contributed by atoms with Gasteiger partial charge in [-0.05, 0) is 31.0 Å². The van der Waals surface area contributed by atoms with E-state index in [4.69, 9.17) is 17.3 Å². The second-order valence-corrected chi connectivity index (χ2v) is 9.90. The summed E-state index contributed by atoms with van der Waals surface area (Å²) in [6.07, 6.45) is 0.293. The van der Waals surface area contributed by atoms with Gasteiger partial charge in [0.1, 0.15) is 0 Å². The van der Waals surface area contributed by atoms with Gasteiger partial charge in [0.25, 0.3) is 0 Å². The van der Waals surface area contributed by atoms with Crippen LogP contribution in [-0.2, 0) is 19.9 Å². The lowest BCUT2D eigenvalue weighted by Gasteiger charge is -2.27. The first-order valence-corrected chi connectivity index (χ1v) is 10.5. The Labute approximate surface area is 136 Å². The number of halogens is 1. The van der Waals surface area contributed by atoms with Crippen LogP contribution in [0.1, 0.15) is 12.0 Å². The molecule has 1 aliphatic heterocycles. The summed E-state index contributed by atoms with van der Waals surface area (Å²) in [7, 11) is -7.04. The zero-order valence-corrected chi connectivity index (χ0v) is 14.6. The normalized spacial score (nSPS) is 21.4. The summed E-state index contributed by atoms with van der Waals surface area (Å²) in [6.45, 7) is 1.87. The average molecular weight is 367 g/mol. The number of rotatable bonds is 5. The summed E-state index contributed by atoms with van der Waals surface area (Å²) in [5.74, 6) is -0.158. The Hall–Kier alpha value is -0.670. The number of nitrogens with zero attached hydrogens (tertiary/aromatic N) is 1. The minimum absolute atomic E-state index is 0.00276. The monoisotopic (exact) mass is 366 g/mol. The SMILES string of the molecule is Cc1ccc(Cl)cc1S(=O)(=O)N(CCN)[C@@H]1CCS(=O)(=O)C1. The molecule has 6 nitrogen and oxygen atoms in total. The molecule has 0 aromatic heterocycles. The van der Waals surface area contributed by atoms with Crippen molar-refractivity contribution in [2.24, 2.45) is 5.73 Å². The molecule has 0 bridgehead atoms. The quantitative estimate of drug-likeness (QED) is 0.830. The van der Waals surface area contributed by atoms with Crippen LogP contribution in [0.5, 0.6) is 0 Å². The number of benzene rings is 1. The fourth-order valence-electron chi connectivity index (χ4n) is 2.61. The van der Waals surface area contributed by atoms with Gasteiger partial charge in [0, 0.05) is 24.2 Å². The maximum atomic E-state index is 12.9. The number of sulfonamides is 1. The van der Waals surface area contributed by atoms with Gasteiger partial charge in [0.2, 0.25) is 10.0 Å². The summed E-state index contributed by atoms with van der Waals surface area (Å²) in [6, 6.07) is 4.06. The van der Waals surface area contributed by atoms with Gasteiger partial charge in [-0.1, -0.05) is 17.7 Å². The average Bonchev–Trinajstić information content (AvgIpc) is 2.78. The van der Waals surface area contributed by atoms with E-state index < -0.39 is 25.9 Å². The number of aryl methyl sites for hydroxylation is 1. The fraction of sp³-hybridized carbons (Fsp3) is 0.538. The van der Waals surface area contributed by atoms with Crippen molar-refractivity contribution in [1.29, 1.82) is 0 Å². The first-order valence-electron chi connectivity index (χ1n) is 6.86. The predicted molar refractivity (Wildman–Crippen MR) is 86.2 cm³/mol. The van der Waals surface area contributed by atoms with Crippen LogP contribution in [0, 0.1) is 6.92 Å². The molecule has 2 rings (SSSR count). The Morgan fingerprint density at radius 3 is 2.64 bits per heavy atom. The van der Waals surface area contributed by atoms with Crippen molar-refractivity contribution in [2.45, 2.75) is 24.3 Å². The second kappa shape index (κ2) is 6.45. The highest BCUT2D eigenvalue weighted by molar-refractivity contribution is 7.92. The van der Waals surface area contributed by atoms with Crippen molar-refractivity contribution >= 4 is 31.5 Å². The van der Waals surface area contributed by atoms with Gasteiger partial charge in [-0.3, -0.25) is 0 Å². The molecule has 0 spiro atoms. The van der Waals surface area contributed by atoms with Gasteiger partial charge < -0.3 is 5.73 Å². The molecule has 0 unspecified atom stereocenters. The minimum atomic E-state index is -3.85. The van der Waals surface area contributed by atoms with Crippen LogP contribution in [0.3, 0.4) is 0 Å². The van der Waals surface area contributed by atoms with E-state index in [9.17, 15) is 16.8 Å². The lowest BCUT2D eigenvalue weighted by Crippen LogP contribution is -2.44. The molecule has 0 saturated carbocycles. The third-order valence-corrected chi connectivity index (χ3v) is 7.78. The fourth-order valence-corrected chi connectivity index (χ4v) is 6.59. The first-order chi connectivity index (χ1) is 10.2. The van der Waals surface area contributed by atoms with Crippen molar-refractivity contribution in [3.05, 3.63) is 28.8 Å². The Morgan fingerprint density at radius 1 is 1.41 bits per heavy atom. The van der Waals surface area contributed by atoms with E-state index in [2.05, 4.69) is 0 Å². The van der Waals surface area contributed by atoms with E-state index in [0.717, 1.165) is 0 Å². The van der Waals surface area contributed by atoms with Gasteiger partial charge in [-0.25, -0.2) is 16.8 Å². The summed E-state index contributed by atoms with van der Waals surface area (Å²) in [5.41, 5.74) is 6.09. The number of nitrogens with two attached hydrogens (primary N) is 1. The Balaban J connectivity index is 2.45. The van der Waals surface area contributed by atoms with E-state index >= 15 is 0 Å². The zero-order chi connectivity index (χ0) is 16.5. The number of hydrogen-bond acceptors (Lipinski definition) is 5. The zero-order valence-electron chi connectivity index (χ0n) is 12.2. The standard InChI is InChI=1S/C13H19ClN2O4S2/c1-10-2-3-11(14)8-13(10)22(19,20)16(6-5-15)12-4-7-21(17,18)9-12/h2-3,8,12H,4-7,9,15H2,1H3/t12-/m1/s1. The second-order valence-electron chi connectivity index (χ2n) is 5.37. The molecule has 1 atom stereocenters. The highest BCUT2D eigenvalue weighted by atomic mass is 35.5.